The van der Waals surface area contributed by atoms with E-state index in [1.54, 1.807) is 0 Å². The maximum atomic E-state index is 12.6. The molecule has 8 heteroatoms. The van der Waals surface area contributed by atoms with Crippen molar-refractivity contribution in [3.63, 3.8) is 0 Å². The van der Waals surface area contributed by atoms with Crippen molar-refractivity contribution in [2.45, 2.75) is 12.6 Å². The number of carboxylic acid groups (broad SMARTS) is 1. The molecule has 2 rings (SSSR count). The number of aromatic amines is 1. The molecule has 0 amide bonds. The quantitative estimate of drug-likeness (QED) is 0.903. The van der Waals surface area contributed by atoms with E-state index in [4.69, 9.17) is 5.11 Å². The lowest BCUT2D eigenvalue weighted by molar-refractivity contribution is -0.138. The van der Waals surface area contributed by atoms with Crippen LogP contribution in [0.5, 0.6) is 0 Å². The summed E-state index contributed by atoms with van der Waals surface area (Å²) in [6.45, 7) is 0. The molecule has 1 aromatic heterocycles. The van der Waals surface area contributed by atoms with Gasteiger partial charge >= 0.3 is 12.1 Å². The zero-order valence-corrected chi connectivity index (χ0v) is 9.94. The van der Waals surface area contributed by atoms with Crippen LogP contribution in [0.4, 0.5) is 13.2 Å². The summed E-state index contributed by atoms with van der Waals surface area (Å²) in [4.78, 5) is 22.2. The van der Waals surface area contributed by atoms with E-state index in [0.29, 0.717) is 0 Å². The number of carbonyl (C=O) groups is 1. The molecular weight excluding hydrogens is 277 g/mol. The minimum Gasteiger partial charge on any atom is -0.481 e. The van der Waals surface area contributed by atoms with Crippen LogP contribution in [0.15, 0.2) is 35.1 Å². The smallest absolute Gasteiger partial charge is 0.416 e. The molecule has 5 nitrogen and oxygen atoms in total. The number of nitrogens with one attached hydrogen (secondary N) is 1. The Kier molecular flexibility index (Phi) is 3.39. The second-order valence-electron chi connectivity index (χ2n) is 4.07. The Balaban J connectivity index is 2.44. The van der Waals surface area contributed by atoms with Crippen molar-refractivity contribution < 1.29 is 23.1 Å². The fourth-order valence-corrected chi connectivity index (χ4v) is 1.71. The monoisotopic (exact) mass is 286 g/mol. The molecule has 0 bridgehead atoms. The molecule has 2 aromatic rings. The van der Waals surface area contributed by atoms with Crippen LogP contribution in [0.3, 0.4) is 0 Å². The topological polar surface area (TPSA) is 75.1 Å². The summed E-state index contributed by atoms with van der Waals surface area (Å²) in [6, 6.07) is 5.21. The summed E-state index contributed by atoms with van der Waals surface area (Å²) in [5, 5.41) is 11.1. The molecule has 106 valence electrons. The van der Waals surface area contributed by atoms with Crippen LogP contribution in [-0.4, -0.2) is 20.9 Å². The maximum absolute atomic E-state index is 12.6. The normalized spacial score (nSPS) is 11.6. The number of nitrogens with zero attached hydrogens (tertiary/aromatic N) is 1. The summed E-state index contributed by atoms with van der Waals surface area (Å²) in [5.41, 5.74) is -1.42. The molecule has 0 unspecified atom stereocenters. The fourth-order valence-electron chi connectivity index (χ4n) is 1.71. The van der Waals surface area contributed by atoms with Crippen LogP contribution in [0.2, 0.25) is 0 Å². The Bertz CT molecular complexity index is 700. The standard InChI is InChI=1S/C12H9F3N2O3/c13-12(14,15)7-2-1-3-9(4-7)17-10(18)5-8(16-17)6-11(19)20/h1-5,16H,6H2,(H,19,20). The van der Waals surface area contributed by atoms with E-state index in [0.717, 1.165) is 22.9 Å². The molecule has 0 aliphatic heterocycles. The van der Waals surface area contributed by atoms with E-state index in [9.17, 15) is 22.8 Å². The third kappa shape index (κ3) is 2.90. The van der Waals surface area contributed by atoms with Crippen molar-refractivity contribution >= 4 is 5.97 Å². The van der Waals surface area contributed by atoms with E-state index in [2.05, 4.69) is 5.10 Å². The van der Waals surface area contributed by atoms with Gasteiger partial charge in [-0.25, -0.2) is 4.68 Å². The first-order valence-electron chi connectivity index (χ1n) is 5.48. The van der Waals surface area contributed by atoms with E-state index in [-0.39, 0.29) is 11.4 Å². The van der Waals surface area contributed by atoms with Gasteiger partial charge in [0.1, 0.15) is 0 Å². The number of aromatic nitrogens is 2. The van der Waals surface area contributed by atoms with Crippen LogP contribution < -0.4 is 5.56 Å². The molecule has 20 heavy (non-hydrogen) atoms. The average molecular weight is 286 g/mol. The van der Waals surface area contributed by atoms with Crippen molar-refractivity contribution in [2.75, 3.05) is 0 Å². The van der Waals surface area contributed by atoms with Gasteiger partial charge in [0, 0.05) is 11.8 Å². The molecule has 0 spiro atoms. The molecule has 0 saturated heterocycles. The van der Waals surface area contributed by atoms with Crippen LogP contribution in [0, 0.1) is 0 Å². The lowest BCUT2D eigenvalue weighted by Crippen LogP contribution is -2.14. The van der Waals surface area contributed by atoms with Gasteiger partial charge < -0.3 is 5.11 Å². The van der Waals surface area contributed by atoms with E-state index < -0.39 is 29.7 Å². The van der Waals surface area contributed by atoms with Crippen LogP contribution >= 0.6 is 0 Å². The van der Waals surface area contributed by atoms with Gasteiger partial charge in [-0.15, -0.1) is 0 Å². The Labute approximate surface area is 110 Å². The van der Waals surface area contributed by atoms with E-state index in [1.165, 1.54) is 12.1 Å². The summed E-state index contributed by atoms with van der Waals surface area (Å²) in [7, 11) is 0. The maximum Gasteiger partial charge on any atom is 0.416 e. The predicted octanol–water partition coefficient (Wildman–Crippen LogP) is 1.81. The predicted molar refractivity (Wildman–Crippen MR) is 62.7 cm³/mol. The minimum atomic E-state index is -4.52. The third-order valence-electron chi connectivity index (χ3n) is 2.55. The van der Waals surface area contributed by atoms with Gasteiger partial charge in [0.25, 0.3) is 5.56 Å². The molecule has 0 fully saturated rings. The SMILES string of the molecule is O=C(O)Cc1cc(=O)n(-c2cccc(C(F)(F)F)c2)[nH]1. The summed E-state index contributed by atoms with van der Waals surface area (Å²) in [6.07, 6.45) is -4.93. The zero-order chi connectivity index (χ0) is 14.9. The van der Waals surface area contributed by atoms with Gasteiger partial charge in [0.2, 0.25) is 0 Å². The van der Waals surface area contributed by atoms with Gasteiger partial charge in [-0.3, -0.25) is 14.7 Å². The van der Waals surface area contributed by atoms with Gasteiger partial charge in [-0.1, -0.05) is 6.07 Å². The number of aliphatic carboxylic acids is 1. The first-order chi connectivity index (χ1) is 9.27. The van der Waals surface area contributed by atoms with Crippen LogP contribution in [0.1, 0.15) is 11.3 Å². The largest absolute Gasteiger partial charge is 0.481 e. The van der Waals surface area contributed by atoms with E-state index in [1.807, 2.05) is 0 Å². The highest BCUT2D eigenvalue weighted by molar-refractivity contribution is 5.69. The first-order valence-corrected chi connectivity index (χ1v) is 5.48. The van der Waals surface area contributed by atoms with Crippen molar-refractivity contribution in [1.29, 1.82) is 0 Å². The minimum absolute atomic E-state index is 0.0125. The number of benzene rings is 1. The second-order valence-corrected chi connectivity index (χ2v) is 4.07. The number of hydrogen-bond donors (Lipinski definition) is 2. The Hall–Kier alpha value is -2.51. The molecule has 0 radical (unpaired) electrons. The fraction of sp³-hybridized carbons (Fsp3) is 0.167. The number of alkyl halides is 3. The molecule has 0 atom stereocenters. The van der Waals surface area contributed by atoms with Gasteiger partial charge in [-0.2, -0.15) is 13.2 Å². The first kappa shape index (κ1) is 13.9. The summed E-state index contributed by atoms with van der Waals surface area (Å²) >= 11 is 0. The van der Waals surface area contributed by atoms with Crippen LogP contribution in [0.25, 0.3) is 5.69 Å². The summed E-state index contributed by atoms with van der Waals surface area (Å²) < 4.78 is 38.6. The highest BCUT2D eigenvalue weighted by Crippen LogP contribution is 2.29. The Morgan fingerprint density at radius 3 is 2.60 bits per heavy atom. The number of rotatable bonds is 3. The van der Waals surface area contributed by atoms with E-state index >= 15 is 0 Å². The van der Waals surface area contributed by atoms with Gasteiger partial charge in [0.05, 0.1) is 17.7 Å². The molecule has 2 N–H and O–H groups in total. The zero-order valence-electron chi connectivity index (χ0n) is 9.94. The van der Waals surface area contributed by atoms with Crippen molar-refractivity contribution in [3.8, 4) is 5.69 Å². The summed E-state index contributed by atoms with van der Waals surface area (Å²) in [5.74, 6) is -1.15. The highest BCUT2D eigenvalue weighted by atomic mass is 19.4. The van der Waals surface area contributed by atoms with Gasteiger partial charge in [0.15, 0.2) is 0 Å². The second kappa shape index (κ2) is 4.87. The van der Waals surface area contributed by atoms with Gasteiger partial charge in [-0.05, 0) is 18.2 Å². The van der Waals surface area contributed by atoms with Crippen molar-refractivity contribution in [1.82, 2.24) is 9.78 Å². The third-order valence-corrected chi connectivity index (χ3v) is 2.55. The van der Waals surface area contributed by atoms with Crippen LogP contribution in [-0.2, 0) is 17.4 Å². The molecule has 0 aliphatic carbocycles. The lowest BCUT2D eigenvalue weighted by atomic mass is 10.2. The Morgan fingerprint density at radius 1 is 1.30 bits per heavy atom. The van der Waals surface area contributed by atoms with Crippen molar-refractivity contribution in [3.05, 3.63) is 51.9 Å². The number of carboxylic acids is 1. The molecular formula is C12H9F3N2O3. The number of hydrogen-bond acceptors (Lipinski definition) is 2. The molecule has 0 saturated carbocycles. The molecule has 1 heterocycles. The number of halogens is 3. The number of H-pyrrole nitrogens is 1. The highest BCUT2D eigenvalue weighted by Gasteiger charge is 2.30. The lowest BCUT2D eigenvalue weighted by Gasteiger charge is -2.08. The van der Waals surface area contributed by atoms with Crippen molar-refractivity contribution in [2.24, 2.45) is 0 Å². The molecule has 0 aliphatic rings. The molecule has 1 aromatic carbocycles. The Morgan fingerprint density at radius 2 is 2.00 bits per heavy atom. The average Bonchev–Trinajstić information content (AvgIpc) is 2.68.